The summed E-state index contributed by atoms with van der Waals surface area (Å²) in [4.78, 5) is 13.7. The maximum absolute atomic E-state index is 12.0. The van der Waals surface area contributed by atoms with E-state index in [0.717, 1.165) is 19.4 Å². The number of aliphatic hydroxyl groups excluding tert-OH is 1. The van der Waals surface area contributed by atoms with Crippen LogP contribution < -0.4 is 0 Å². The second kappa shape index (κ2) is 4.92. The summed E-state index contributed by atoms with van der Waals surface area (Å²) in [5, 5.41) is 9.12. The van der Waals surface area contributed by atoms with E-state index in [1.165, 1.54) is 0 Å². The molecule has 15 heavy (non-hydrogen) atoms. The Hall–Kier alpha value is -0.650. The zero-order valence-corrected chi connectivity index (χ0v) is 8.72. The highest BCUT2D eigenvalue weighted by Crippen LogP contribution is 2.19. The average Bonchev–Trinajstić information content (AvgIpc) is 2.77. The van der Waals surface area contributed by atoms with Gasteiger partial charge < -0.3 is 19.5 Å². The van der Waals surface area contributed by atoms with Crippen LogP contribution in [0.15, 0.2) is 0 Å². The number of carbonyl (C=O) groups is 1. The molecule has 0 aromatic carbocycles. The highest BCUT2D eigenvalue weighted by molar-refractivity contribution is 5.81. The van der Waals surface area contributed by atoms with Crippen molar-refractivity contribution in [3.05, 3.63) is 0 Å². The molecule has 0 aromatic heterocycles. The normalized spacial score (nSPS) is 31.9. The quantitative estimate of drug-likeness (QED) is 0.667. The molecule has 2 rings (SSSR count). The molecule has 0 aromatic rings. The summed E-state index contributed by atoms with van der Waals surface area (Å²) in [6.45, 7) is 2.15. The number of likely N-dealkylation sites (tertiary alicyclic amines) is 1. The first-order valence-electron chi connectivity index (χ1n) is 5.43. The molecule has 2 heterocycles. The number of hydrogen-bond acceptors (Lipinski definition) is 4. The van der Waals surface area contributed by atoms with Crippen LogP contribution in [0.1, 0.15) is 12.8 Å². The topological polar surface area (TPSA) is 59.0 Å². The Kier molecular flexibility index (Phi) is 3.56. The molecule has 0 aliphatic carbocycles. The van der Waals surface area contributed by atoms with E-state index in [-0.39, 0.29) is 18.6 Å². The van der Waals surface area contributed by atoms with Crippen LogP contribution in [0, 0.1) is 0 Å². The van der Waals surface area contributed by atoms with Crippen LogP contribution in [0.5, 0.6) is 0 Å². The third-order valence-corrected chi connectivity index (χ3v) is 2.96. The van der Waals surface area contributed by atoms with E-state index in [1.54, 1.807) is 4.90 Å². The van der Waals surface area contributed by atoms with E-state index in [1.807, 2.05) is 0 Å². The van der Waals surface area contributed by atoms with Gasteiger partial charge in [-0.2, -0.15) is 0 Å². The van der Waals surface area contributed by atoms with Gasteiger partial charge in [0.15, 0.2) is 6.10 Å². The molecule has 2 saturated heterocycles. The van der Waals surface area contributed by atoms with Crippen LogP contribution >= 0.6 is 0 Å². The molecular formula is C10H17NO4. The van der Waals surface area contributed by atoms with Crippen molar-refractivity contribution >= 4 is 5.91 Å². The van der Waals surface area contributed by atoms with E-state index >= 15 is 0 Å². The number of carbonyl (C=O) groups excluding carboxylic acids is 1. The first-order valence-corrected chi connectivity index (χ1v) is 5.43. The molecule has 86 valence electrons. The lowest BCUT2D eigenvalue weighted by Crippen LogP contribution is -2.48. The van der Waals surface area contributed by atoms with Crippen molar-refractivity contribution in [1.29, 1.82) is 0 Å². The summed E-state index contributed by atoms with van der Waals surface area (Å²) < 4.78 is 10.5. The van der Waals surface area contributed by atoms with Gasteiger partial charge in [-0.3, -0.25) is 4.79 Å². The fourth-order valence-corrected chi connectivity index (χ4v) is 2.13. The molecule has 1 amide bonds. The number of rotatable bonds is 2. The van der Waals surface area contributed by atoms with Gasteiger partial charge in [0.25, 0.3) is 5.91 Å². The second-order valence-electron chi connectivity index (χ2n) is 3.94. The van der Waals surface area contributed by atoms with Gasteiger partial charge in [0.2, 0.25) is 0 Å². The van der Waals surface area contributed by atoms with Crippen molar-refractivity contribution in [3.63, 3.8) is 0 Å². The molecule has 0 radical (unpaired) electrons. The average molecular weight is 215 g/mol. The van der Waals surface area contributed by atoms with Gasteiger partial charge in [-0.05, 0) is 12.8 Å². The van der Waals surface area contributed by atoms with Crippen LogP contribution in [0.25, 0.3) is 0 Å². The lowest BCUT2D eigenvalue weighted by atomic mass is 10.2. The van der Waals surface area contributed by atoms with Crippen molar-refractivity contribution in [2.24, 2.45) is 0 Å². The Morgan fingerprint density at radius 1 is 1.47 bits per heavy atom. The van der Waals surface area contributed by atoms with E-state index in [2.05, 4.69) is 0 Å². The molecule has 1 unspecified atom stereocenters. The van der Waals surface area contributed by atoms with Crippen molar-refractivity contribution in [1.82, 2.24) is 4.90 Å². The lowest BCUT2D eigenvalue weighted by molar-refractivity contribution is -0.159. The van der Waals surface area contributed by atoms with Crippen LogP contribution in [-0.2, 0) is 14.3 Å². The SMILES string of the molecule is O=C(C1COCCO1)N1CCC[C@@H]1CO. The third-order valence-electron chi connectivity index (χ3n) is 2.96. The van der Waals surface area contributed by atoms with Crippen molar-refractivity contribution < 1.29 is 19.4 Å². The highest BCUT2D eigenvalue weighted by atomic mass is 16.6. The Labute approximate surface area is 89.0 Å². The van der Waals surface area contributed by atoms with Gasteiger partial charge in [-0.1, -0.05) is 0 Å². The Morgan fingerprint density at radius 2 is 2.33 bits per heavy atom. The van der Waals surface area contributed by atoms with Gasteiger partial charge in [0.1, 0.15) is 0 Å². The summed E-state index contributed by atoms with van der Waals surface area (Å²) in [7, 11) is 0. The molecule has 1 N–H and O–H groups in total. The monoisotopic (exact) mass is 215 g/mol. The number of amides is 1. The van der Waals surface area contributed by atoms with Crippen molar-refractivity contribution in [2.75, 3.05) is 33.0 Å². The van der Waals surface area contributed by atoms with Crippen molar-refractivity contribution in [3.8, 4) is 0 Å². The number of aliphatic hydroxyl groups is 1. The molecule has 0 spiro atoms. The van der Waals surface area contributed by atoms with Crippen LogP contribution in [-0.4, -0.2) is 61.0 Å². The molecule has 2 aliphatic rings. The zero-order chi connectivity index (χ0) is 10.7. The Bertz CT molecular complexity index is 227. The van der Waals surface area contributed by atoms with Crippen LogP contribution in [0.2, 0.25) is 0 Å². The smallest absolute Gasteiger partial charge is 0.254 e. The second-order valence-corrected chi connectivity index (χ2v) is 3.94. The van der Waals surface area contributed by atoms with Crippen LogP contribution in [0.3, 0.4) is 0 Å². The van der Waals surface area contributed by atoms with E-state index in [0.29, 0.717) is 19.8 Å². The molecule has 2 aliphatic heterocycles. The fraction of sp³-hybridized carbons (Fsp3) is 0.900. The predicted molar refractivity (Wildman–Crippen MR) is 52.4 cm³/mol. The lowest BCUT2D eigenvalue weighted by Gasteiger charge is -2.29. The minimum Gasteiger partial charge on any atom is -0.394 e. The molecule has 0 bridgehead atoms. The number of ether oxygens (including phenoxy) is 2. The molecule has 5 nitrogen and oxygen atoms in total. The summed E-state index contributed by atoms with van der Waals surface area (Å²) in [6.07, 6.45) is 1.38. The standard InChI is InChI=1S/C10H17NO4/c12-6-8-2-1-3-11(8)10(13)9-7-14-4-5-15-9/h8-9,12H,1-7H2/t8-,9?/m1/s1. The van der Waals surface area contributed by atoms with Crippen molar-refractivity contribution in [2.45, 2.75) is 25.0 Å². The predicted octanol–water partition coefficient (Wildman–Crippen LogP) is -0.615. The Morgan fingerprint density at radius 3 is 3.00 bits per heavy atom. The molecule has 2 atom stereocenters. The first-order chi connectivity index (χ1) is 7.33. The maximum atomic E-state index is 12.0. The first kappa shape index (κ1) is 10.9. The fourth-order valence-electron chi connectivity index (χ4n) is 2.13. The summed E-state index contributed by atoms with van der Waals surface area (Å²) in [5.74, 6) is -0.0359. The summed E-state index contributed by atoms with van der Waals surface area (Å²) in [5.41, 5.74) is 0. The summed E-state index contributed by atoms with van der Waals surface area (Å²) >= 11 is 0. The van der Waals surface area contributed by atoms with Gasteiger partial charge in [-0.25, -0.2) is 0 Å². The minimum atomic E-state index is -0.467. The largest absolute Gasteiger partial charge is 0.394 e. The highest BCUT2D eigenvalue weighted by Gasteiger charge is 2.34. The minimum absolute atomic E-state index is 0.0250. The summed E-state index contributed by atoms with van der Waals surface area (Å²) in [6, 6.07) is -0.0250. The van der Waals surface area contributed by atoms with Crippen LogP contribution in [0.4, 0.5) is 0 Å². The van der Waals surface area contributed by atoms with E-state index in [4.69, 9.17) is 14.6 Å². The Balaban J connectivity index is 1.93. The molecule has 0 saturated carbocycles. The zero-order valence-electron chi connectivity index (χ0n) is 8.72. The van der Waals surface area contributed by atoms with E-state index < -0.39 is 6.10 Å². The van der Waals surface area contributed by atoms with Gasteiger partial charge in [0, 0.05) is 6.54 Å². The molecular weight excluding hydrogens is 198 g/mol. The van der Waals surface area contributed by atoms with Gasteiger partial charge in [-0.15, -0.1) is 0 Å². The third kappa shape index (κ3) is 2.30. The maximum Gasteiger partial charge on any atom is 0.254 e. The van der Waals surface area contributed by atoms with Gasteiger partial charge >= 0.3 is 0 Å². The molecule has 5 heteroatoms. The van der Waals surface area contributed by atoms with Gasteiger partial charge in [0.05, 0.1) is 32.5 Å². The number of hydrogen-bond donors (Lipinski definition) is 1. The molecule has 2 fully saturated rings. The van der Waals surface area contributed by atoms with E-state index in [9.17, 15) is 4.79 Å². The number of nitrogens with zero attached hydrogens (tertiary/aromatic N) is 1.